The van der Waals surface area contributed by atoms with Crippen molar-refractivity contribution in [2.45, 2.75) is 37.5 Å². The second-order valence-electron chi connectivity index (χ2n) is 8.78. The number of thiophene rings is 1. The minimum Gasteiger partial charge on any atom is -0.497 e. The molecule has 34 heavy (non-hydrogen) atoms. The largest absolute Gasteiger partial charge is 0.497 e. The quantitative estimate of drug-likeness (QED) is 0.346. The molecule has 4 rings (SSSR count). The number of ether oxygens (including phenoxy) is 3. The molecule has 1 aliphatic carbocycles. The molecule has 1 aliphatic heterocycles. The molecule has 184 valence electrons. The Morgan fingerprint density at radius 2 is 2.06 bits per heavy atom. The molecule has 1 aromatic carbocycles. The van der Waals surface area contributed by atoms with E-state index in [9.17, 15) is 9.90 Å². The SMILES string of the molecule is C=CCOCC(O)CN(CC(=O)N1CCc2sccc2C1COc1ccc(OC)cc1)C1CC1. The molecule has 2 aliphatic rings. The van der Waals surface area contributed by atoms with Crippen LogP contribution in [0.3, 0.4) is 0 Å². The number of hydrogen-bond acceptors (Lipinski definition) is 7. The van der Waals surface area contributed by atoms with E-state index in [1.165, 1.54) is 10.4 Å². The van der Waals surface area contributed by atoms with Crippen molar-refractivity contribution in [1.82, 2.24) is 9.80 Å². The van der Waals surface area contributed by atoms with Crippen LogP contribution in [0.5, 0.6) is 11.5 Å². The molecule has 1 aromatic heterocycles. The van der Waals surface area contributed by atoms with Crippen molar-refractivity contribution in [3.8, 4) is 11.5 Å². The van der Waals surface area contributed by atoms with Gasteiger partial charge >= 0.3 is 0 Å². The maximum absolute atomic E-state index is 13.5. The van der Waals surface area contributed by atoms with E-state index in [0.717, 1.165) is 30.8 Å². The molecule has 2 atom stereocenters. The summed E-state index contributed by atoms with van der Waals surface area (Å²) in [4.78, 5) is 18.9. The zero-order valence-corrected chi connectivity index (χ0v) is 20.5. The van der Waals surface area contributed by atoms with E-state index in [2.05, 4.69) is 22.9 Å². The molecule has 1 amide bonds. The fourth-order valence-electron chi connectivity index (χ4n) is 4.38. The third-order valence-corrected chi connectivity index (χ3v) is 7.27. The van der Waals surface area contributed by atoms with Gasteiger partial charge in [0.25, 0.3) is 0 Å². The molecule has 2 unspecified atom stereocenters. The van der Waals surface area contributed by atoms with Crippen molar-refractivity contribution in [1.29, 1.82) is 0 Å². The molecule has 2 heterocycles. The Hall–Kier alpha value is -2.39. The lowest BCUT2D eigenvalue weighted by atomic mass is 10.0. The van der Waals surface area contributed by atoms with E-state index in [1.54, 1.807) is 24.5 Å². The minimum atomic E-state index is -0.632. The molecule has 1 saturated carbocycles. The summed E-state index contributed by atoms with van der Waals surface area (Å²) in [5, 5.41) is 12.5. The molecule has 8 heteroatoms. The van der Waals surface area contributed by atoms with Gasteiger partial charge in [0.05, 0.1) is 39.0 Å². The molecule has 1 N–H and O–H groups in total. The summed E-state index contributed by atoms with van der Waals surface area (Å²) < 4.78 is 16.7. The van der Waals surface area contributed by atoms with Crippen molar-refractivity contribution in [3.63, 3.8) is 0 Å². The van der Waals surface area contributed by atoms with E-state index in [-0.39, 0.29) is 18.6 Å². The molecule has 1 fully saturated rings. The predicted octanol–water partition coefficient (Wildman–Crippen LogP) is 3.29. The number of nitrogens with zero attached hydrogens (tertiary/aromatic N) is 2. The number of carbonyl (C=O) groups is 1. The topological polar surface area (TPSA) is 71.5 Å². The van der Waals surface area contributed by atoms with Crippen molar-refractivity contribution in [2.75, 3.05) is 46.6 Å². The highest BCUT2D eigenvalue weighted by Crippen LogP contribution is 2.35. The first-order valence-corrected chi connectivity index (χ1v) is 12.7. The van der Waals surface area contributed by atoms with Gasteiger partial charge in [-0.1, -0.05) is 6.08 Å². The van der Waals surface area contributed by atoms with Crippen molar-refractivity contribution in [3.05, 3.63) is 58.8 Å². The zero-order valence-electron chi connectivity index (χ0n) is 19.7. The Balaban J connectivity index is 1.41. The lowest BCUT2D eigenvalue weighted by molar-refractivity contribution is -0.136. The maximum atomic E-state index is 13.5. The summed E-state index contributed by atoms with van der Waals surface area (Å²) in [5.41, 5.74) is 1.17. The molecule has 7 nitrogen and oxygen atoms in total. The summed E-state index contributed by atoms with van der Waals surface area (Å²) >= 11 is 1.74. The third-order valence-electron chi connectivity index (χ3n) is 6.28. The minimum absolute atomic E-state index is 0.0753. The number of aliphatic hydroxyl groups is 1. The number of rotatable bonds is 13. The lowest BCUT2D eigenvalue weighted by Gasteiger charge is -2.37. The maximum Gasteiger partial charge on any atom is 0.237 e. The van der Waals surface area contributed by atoms with Crippen LogP contribution in [0, 0.1) is 0 Å². The van der Waals surface area contributed by atoms with Gasteiger partial charge in [0.15, 0.2) is 0 Å². The van der Waals surface area contributed by atoms with Gasteiger partial charge in [-0.2, -0.15) is 0 Å². The first-order chi connectivity index (χ1) is 16.6. The monoisotopic (exact) mass is 486 g/mol. The number of methoxy groups -OCH3 is 1. The van der Waals surface area contributed by atoms with Crippen LogP contribution < -0.4 is 9.47 Å². The smallest absolute Gasteiger partial charge is 0.237 e. The van der Waals surface area contributed by atoms with Gasteiger partial charge in [-0.25, -0.2) is 0 Å². The first-order valence-electron chi connectivity index (χ1n) is 11.8. The van der Waals surface area contributed by atoms with Gasteiger partial charge in [0.2, 0.25) is 5.91 Å². The summed E-state index contributed by atoms with van der Waals surface area (Å²) in [6.45, 7) is 6.06. The third kappa shape index (κ3) is 6.39. The van der Waals surface area contributed by atoms with Gasteiger partial charge in [0.1, 0.15) is 18.1 Å². The van der Waals surface area contributed by atoms with E-state index >= 15 is 0 Å². The second-order valence-corrected chi connectivity index (χ2v) is 9.78. The van der Waals surface area contributed by atoms with E-state index in [4.69, 9.17) is 14.2 Å². The van der Waals surface area contributed by atoms with Crippen LogP contribution in [0.15, 0.2) is 48.4 Å². The normalized spacial score (nSPS) is 18.4. The Morgan fingerprint density at radius 1 is 1.29 bits per heavy atom. The highest BCUT2D eigenvalue weighted by atomic mass is 32.1. The fourth-order valence-corrected chi connectivity index (χ4v) is 5.31. The number of benzene rings is 1. The summed E-state index contributed by atoms with van der Waals surface area (Å²) in [6.07, 6.45) is 4.02. The number of aliphatic hydroxyl groups excluding tert-OH is 1. The molecule has 2 aromatic rings. The van der Waals surface area contributed by atoms with Crippen molar-refractivity contribution < 1.29 is 24.1 Å². The van der Waals surface area contributed by atoms with Crippen LogP contribution in [-0.2, 0) is 16.0 Å². The van der Waals surface area contributed by atoms with Crippen molar-refractivity contribution >= 4 is 17.2 Å². The van der Waals surface area contributed by atoms with Crippen LogP contribution in [-0.4, -0.2) is 79.5 Å². The Bertz CT molecular complexity index is 943. The van der Waals surface area contributed by atoms with Gasteiger partial charge in [0, 0.05) is 24.0 Å². The highest BCUT2D eigenvalue weighted by molar-refractivity contribution is 7.10. The lowest BCUT2D eigenvalue weighted by Crippen LogP contribution is -2.48. The van der Waals surface area contributed by atoms with E-state index in [0.29, 0.717) is 38.9 Å². The number of amides is 1. The van der Waals surface area contributed by atoms with Crippen LogP contribution >= 0.6 is 11.3 Å². The van der Waals surface area contributed by atoms with Crippen molar-refractivity contribution in [2.24, 2.45) is 0 Å². The molecular weight excluding hydrogens is 452 g/mol. The van der Waals surface area contributed by atoms with Crippen LogP contribution in [0.1, 0.15) is 29.3 Å². The molecule has 0 bridgehead atoms. The van der Waals surface area contributed by atoms with Crippen LogP contribution in [0.2, 0.25) is 0 Å². The number of carbonyl (C=O) groups excluding carboxylic acids is 1. The Kier molecular flexibility index (Phi) is 8.61. The van der Waals surface area contributed by atoms with Gasteiger partial charge in [-0.15, -0.1) is 17.9 Å². The Labute approximate surface area is 205 Å². The first kappa shape index (κ1) is 24.7. The van der Waals surface area contributed by atoms with Crippen LogP contribution in [0.25, 0.3) is 0 Å². The summed E-state index contributed by atoms with van der Waals surface area (Å²) in [6, 6.07) is 9.83. The van der Waals surface area contributed by atoms with Gasteiger partial charge in [-0.05, 0) is 60.5 Å². The molecular formula is C26H34N2O5S. The Morgan fingerprint density at radius 3 is 2.76 bits per heavy atom. The van der Waals surface area contributed by atoms with E-state index < -0.39 is 6.10 Å². The summed E-state index contributed by atoms with van der Waals surface area (Å²) in [7, 11) is 1.64. The second kappa shape index (κ2) is 11.8. The average molecular weight is 487 g/mol. The van der Waals surface area contributed by atoms with Gasteiger partial charge in [-0.3, -0.25) is 9.69 Å². The summed E-state index contributed by atoms with van der Waals surface area (Å²) in [5.74, 6) is 1.60. The number of fused-ring (bicyclic) bond motifs is 1. The molecule has 0 saturated heterocycles. The van der Waals surface area contributed by atoms with E-state index in [1.807, 2.05) is 29.2 Å². The molecule has 0 radical (unpaired) electrons. The average Bonchev–Trinajstić information content (AvgIpc) is 3.59. The number of hydrogen-bond donors (Lipinski definition) is 1. The standard InChI is InChI=1S/C26H34N2O5S/c1-3-13-32-17-20(29)15-27(19-4-5-19)16-26(30)28-12-10-25-23(11-14-34-25)24(28)18-33-22-8-6-21(31-2)7-9-22/h3,6-9,11,14,19-20,24,29H,1,4-5,10,12-13,15-18H2,2H3. The highest BCUT2D eigenvalue weighted by Gasteiger charge is 2.36. The fraction of sp³-hybridized carbons (Fsp3) is 0.500. The molecule has 0 spiro atoms. The predicted molar refractivity (Wildman–Crippen MR) is 133 cm³/mol. The zero-order chi connectivity index (χ0) is 23.9. The van der Waals surface area contributed by atoms with Crippen LogP contribution in [0.4, 0.5) is 0 Å². The van der Waals surface area contributed by atoms with Gasteiger partial charge < -0.3 is 24.2 Å².